The average molecular weight is 356 g/mol. The van der Waals surface area contributed by atoms with Gasteiger partial charge in [0.1, 0.15) is 19.0 Å². The van der Waals surface area contributed by atoms with Crippen molar-refractivity contribution in [2.24, 2.45) is 0 Å². The number of fused-ring (bicyclic) bond motifs is 1. The van der Waals surface area contributed by atoms with Gasteiger partial charge in [-0.3, -0.25) is 0 Å². The Morgan fingerprint density at radius 1 is 0.885 bits per heavy atom. The maximum Gasteiger partial charge on any atom is 0.229 e. The maximum absolute atomic E-state index is 14.1. The molecule has 4 rings (SSSR count). The molecule has 0 spiro atoms. The molecule has 0 fully saturated rings. The molecule has 6 nitrogen and oxygen atoms in total. The third kappa shape index (κ3) is 3.49. The van der Waals surface area contributed by atoms with Crippen molar-refractivity contribution < 1.29 is 18.3 Å². The molecule has 0 amide bonds. The van der Waals surface area contributed by atoms with Gasteiger partial charge in [0.2, 0.25) is 5.95 Å². The number of ether oxygens (including phenoxy) is 2. The lowest BCUT2D eigenvalue weighted by Crippen LogP contribution is -2.15. The van der Waals surface area contributed by atoms with E-state index in [1.807, 2.05) is 0 Å². The molecule has 1 aromatic heterocycles. The van der Waals surface area contributed by atoms with Crippen LogP contribution in [-0.4, -0.2) is 23.2 Å². The van der Waals surface area contributed by atoms with Crippen molar-refractivity contribution in [3.63, 3.8) is 0 Å². The van der Waals surface area contributed by atoms with E-state index >= 15 is 0 Å². The highest BCUT2D eigenvalue weighted by Crippen LogP contribution is 2.33. The minimum Gasteiger partial charge on any atom is -0.486 e. The highest BCUT2D eigenvalue weighted by atomic mass is 19.1. The van der Waals surface area contributed by atoms with Gasteiger partial charge in [-0.1, -0.05) is 6.07 Å². The molecule has 1 aliphatic rings. The second-order valence-electron chi connectivity index (χ2n) is 5.51. The molecule has 3 aromatic rings. The molecule has 8 heteroatoms. The van der Waals surface area contributed by atoms with Gasteiger partial charge in [0, 0.05) is 17.4 Å². The Morgan fingerprint density at radius 3 is 2.54 bits per heavy atom. The second-order valence-corrected chi connectivity index (χ2v) is 5.51. The van der Waals surface area contributed by atoms with Gasteiger partial charge in [0.15, 0.2) is 23.1 Å². The van der Waals surface area contributed by atoms with E-state index in [1.165, 1.54) is 12.1 Å². The van der Waals surface area contributed by atoms with Gasteiger partial charge in [0.05, 0.1) is 6.20 Å². The van der Waals surface area contributed by atoms with Crippen molar-refractivity contribution in [2.75, 3.05) is 23.8 Å². The summed E-state index contributed by atoms with van der Waals surface area (Å²) in [4.78, 5) is 7.97. The lowest BCUT2D eigenvalue weighted by atomic mass is 10.2. The number of nitrogens with zero attached hydrogens (tertiary/aromatic N) is 2. The monoisotopic (exact) mass is 356 g/mol. The molecular formula is C18H14F2N4O2. The number of anilines is 4. The number of halogens is 2. The van der Waals surface area contributed by atoms with Crippen LogP contribution in [0.3, 0.4) is 0 Å². The summed E-state index contributed by atoms with van der Waals surface area (Å²) in [7, 11) is 0. The maximum atomic E-state index is 14.1. The summed E-state index contributed by atoms with van der Waals surface area (Å²) < 4.78 is 38.3. The Bertz CT molecular complexity index is 952. The first-order valence-electron chi connectivity index (χ1n) is 7.89. The van der Waals surface area contributed by atoms with Crippen LogP contribution < -0.4 is 20.1 Å². The predicted octanol–water partition coefficient (Wildman–Crippen LogP) is 4.01. The fraction of sp³-hybridized carbons (Fsp3) is 0.111. The quantitative estimate of drug-likeness (QED) is 0.736. The van der Waals surface area contributed by atoms with Gasteiger partial charge >= 0.3 is 0 Å². The summed E-state index contributed by atoms with van der Waals surface area (Å²) in [5, 5.41) is 5.72. The fourth-order valence-electron chi connectivity index (χ4n) is 2.47. The lowest BCUT2D eigenvalue weighted by Gasteiger charge is -2.19. The number of hydrogen-bond acceptors (Lipinski definition) is 6. The molecule has 0 unspecified atom stereocenters. The fourth-order valence-corrected chi connectivity index (χ4v) is 2.47. The molecule has 0 saturated heterocycles. The SMILES string of the molecule is Fc1cccc(Nc2ncc(F)c(Nc3ccc4c(c3)OCCO4)n2)c1. The molecular weight excluding hydrogens is 342 g/mol. The van der Waals surface area contributed by atoms with Gasteiger partial charge in [-0.15, -0.1) is 0 Å². The first kappa shape index (κ1) is 16.1. The molecule has 132 valence electrons. The molecule has 0 bridgehead atoms. The van der Waals surface area contributed by atoms with E-state index in [9.17, 15) is 8.78 Å². The smallest absolute Gasteiger partial charge is 0.229 e. The Kier molecular flexibility index (Phi) is 4.22. The molecule has 0 atom stereocenters. The van der Waals surface area contributed by atoms with Gasteiger partial charge in [-0.25, -0.2) is 13.8 Å². The Morgan fingerprint density at radius 2 is 1.69 bits per heavy atom. The number of hydrogen-bond donors (Lipinski definition) is 2. The van der Waals surface area contributed by atoms with Crippen molar-refractivity contribution in [3.8, 4) is 11.5 Å². The Balaban J connectivity index is 1.56. The zero-order chi connectivity index (χ0) is 17.9. The molecule has 2 N–H and O–H groups in total. The van der Waals surface area contributed by atoms with Crippen molar-refractivity contribution >= 4 is 23.1 Å². The molecule has 2 aromatic carbocycles. The van der Waals surface area contributed by atoms with E-state index in [1.54, 1.807) is 30.3 Å². The number of benzene rings is 2. The minimum atomic E-state index is -0.621. The Hall–Kier alpha value is -3.42. The van der Waals surface area contributed by atoms with Crippen LogP contribution >= 0.6 is 0 Å². The van der Waals surface area contributed by atoms with E-state index in [2.05, 4.69) is 20.6 Å². The summed E-state index contributed by atoms with van der Waals surface area (Å²) in [6.07, 6.45) is 1.04. The summed E-state index contributed by atoms with van der Waals surface area (Å²) in [5.74, 6) is 0.316. The zero-order valence-electron chi connectivity index (χ0n) is 13.5. The summed E-state index contributed by atoms with van der Waals surface area (Å²) in [5.41, 5.74) is 1.05. The second kappa shape index (κ2) is 6.83. The van der Waals surface area contributed by atoms with Gasteiger partial charge < -0.3 is 20.1 Å². The Labute approximate surface area is 147 Å². The van der Waals surface area contributed by atoms with Crippen LogP contribution in [0, 0.1) is 11.6 Å². The van der Waals surface area contributed by atoms with Gasteiger partial charge in [0.25, 0.3) is 0 Å². The molecule has 1 aliphatic heterocycles. The van der Waals surface area contributed by atoms with E-state index < -0.39 is 11.6 Å². The molecule has 0 aliphatic carbocycles. The van der Waals surface area contributed by atoms with E-state index in [4.69, 9.17) is 9.47 Å². The number of nitrogens with one attached hydrogen (secondary N) is 2. The van der Waals surface area contributed by atoms with Crippen LogP contribution in [-0.2, 0) is 0 Å². The summed E-state index contributed by atoms with van der Waals surface area (Å²) in [6.45, 7) is 0.954. The van der Waals surface area contributed by atoms with Crippen molar-refractivity contribution in [1.29, 1.82) is 0 Å². The summed E-state index contributed by atoms with van der Waals surface area (Å²) in [6, 6.07) is 11.0. The van der Waals surface area contributed by atoms with Crippen LogP contribution in [0.5, 0.6) is 11.5 Å². The van der Waals surface area contributed by atoms with E-state index in [-0.39, 0.29) is 11.8 Å². The van der Waals surface area contributed by atoms with Crippen LogP contribution in [0.2, 0.25) is 0 Å². The third-order valence-electron chi connectivity index (χ3n) is 3.63. The topological polar surface area (TPSA) is 68.3 Å². The molecule has 2 heterocycles. The van der Waals surface area contributed by atoms with Gasteiger partial charge in [-0.2, -0.15) is 4.98 Å². The zero-order valence-corrected chi connectivity index (χ0v) is 13.5. The van der Waals surface area contributed by atoms with Crippen molar-refractivity contribution in [1.82, 2.24) is 9.97 Å². The van der Waals surface area contributed by atoms with E-state index in [0.29, 0.717) is 36.1 Å². The number of aromatic nitrogens is 2. The predicted molar refractivity (Wildman–Crippen MR) is 92.4 cm³/mol. The van der Waals surface area contributed by atoms with Crippen LogP contribution in [0.4, 0.5) is 31.9 Å². The first-order chi connectivity index (χ1) is 12.7. The number of rotatable bonds is 4. The third-order valence-corrected chi connectivity index (χ3v) is 3.63. The van der Waals surface area contributed by atoms with Crippen molar-refractivity contribution in [2.45, 2.75) is 0 Å². The average Bonchev–Trinajstić information content (AvgIpc) is 2.64. The van der Waals surface area contributed by atoms with Crippen LogP contribution in [0.15, 0.2) is 48.7 Å². The summed E-state index contributed by atoms with van der Waals surface area (Å²) >= 11 is 0. The normalized spacial score (nSPS) is 12.5. The van der Waals surface area contributed by atoms with E-state index in [0.717, 1.165) is 6.20 Å². The largest absolute Gasteiger partial charge is 0.486 e. The van der Waals surface area contributed by atoms with Crippen LogP contribution in [0.1, 0.15) is 0 Å². The standard InChI is InChI=1S/C18H14F2N4O2/c19-11-2-1-3-12(8-11)23-18-21-10-14(20)17(24-18)22-13-4-5-15-16(9-13)26-7-6-25-15/h1-5,8-10H,6-7H2,(H2,21,22,23,24). The van der Waals surface area contributed by atoms with Crippen LogP contribution in [0.25, 0.3) is 0 Å². The molecule has 26 heavy (non-hydrogen) atoms. The minimum absolute atomic E-state index is 0.0180. The van der Waals surface area contributed by atoms with Gasteiger partial charge in [-0.05, 0) is 30.3 Å². The molecule has 0 saturated carbocycles. The lowest BCUT2D eigenvalue weighted by molar-refractivity contribution is 0.171. The first-order valence-corrected chi connectivity index (χ1v) is 7.89. The highest BCUT2D eigenvalue weighted by molar-refractivity contribution is 5.63. The highest BCUT2D eigenvalue weighted by Gasteiger charge is 2.13. The molecule has 0 radical (unpaired) electrons. The van der Waals surface area contributed by atoms with Crippen molar-refractivity contribution in [3.05, 3.63) is 60.3 Å².